The van der Waals surface area contributed by atoms with Crippen LogP contribution in [0.5, 0.6) is 0 Å². The highest BCUT2D eigenvalue weighted by Crippen LogP contribution is 2.24. The summed E-state index contributed by atoms with van der Waals surface area (Å²) in [6, 6.07) is 9.84. The number of nitrogens with one attached hydrogen (secondary N) is 1. The van der Waals surface area contributed by atoms with Gasteiger partial charge in [0, 0.05) is 34.8 Å². The van der Waals surface area contributed by atoms with Crippen LogP contribution >= 0.6 is 0 Å². The van der Waals surface area contributed by atoms with Crippen LogP contribution in [-0.4, -0.2) is 36.5 Å². The topological polar surface area (TPSA) is 51.5 Å². The molecule has 19 heavy (non-hydrogen) atoms. The molecule has 0 bridgehead atoms. The van der Waals surface area contributed by atoms with E-state index in [0.29, 0.717) is 18.1 Å². The summed E-state index contributed by atoms with van der Waals surface area (Å²) >= 11 is 0. The molecular formula is C14H19NO3S. The van der Waals surface area contributed by atoms with Crippen LogP contribution in [0.4, 0.5) is 0 Å². The molecule has 0 spiro atoms. The van der Waals surface area contributed by atoms with Crippen LogP contribution in [0.2, 0.25) is 0 Å². The van der Waals surface area contributed by atoms with Crippen molar-refractivity contribution in [1.29, 1.82) is 0 Å². The lowest BCUT2D eigenvalue weighted by atomic mass is 10.2. The van der Waals surface area contributed by atoms with Gasteiger partial charge >= 0.3 is 0 Å². The third kappa shape index (κ3) is 3.65. The lowest BCUT2D eigenvalue weighted by Crippen LogP contribution is -2.24. The van der Waals surface area contributed by atoms with Crippen molar-refractivity contribution in [3.63, 3.8) is 0 Å². The van der Waals surface area contributed by atoms with Gasteiger partial charge in [0.15, 0.2) is 0 Å². The molecule has 1 heterocycles. The van der Waals surface area contributed by atoms with E-state index in [4.69, 9.17) is 9.15 Å². The molecule has 0 saturated carbocycles. The van der Waals surface area contributed by atoms with Crippen LogP contribution in [0.3, 0.4) is 0 Å². The molecule has 1 aromatic carbocycles. The van der Waals surface area contributed by atoms with Crippen LogP contribution in [-0.2, 0) is 15.5 Å². The van der Waals surface area contributed by atoms with Crippen LogP contribution < -0.4 is 5.32 Å². The first-order valence-corrected chi connectivity index (χ1v) is 7.73. The third-order valence-electron chi connectivity index (χ3n) is 3.00. The number of hydrogen-bond acceptors (Lipinski definition) is 4. The van der Waals surface area contributed by atoms with Crippen molar-refractivity contribution in [2.45, 2.75) is 6.04 Å². The van der Waals surface area contributed by atoms with Crippen molar-refractivity contribution in [2.24, 2.45) is 0 Å². The number of benzene rings is 1. The van der Waals surface area contributed by atoms with E-state index in [1.165, 1.54) is 0 Å². The lowest BCUT2D eigenvalue weighted by molar-refractivity contribution is 0.218. The normalized spacial score (nSPS) is 14.6. The zero-order valence-corrected chi connectivity index (χ0v) is 12.0. The molecule has 0 fully saturated rings. The van der Waals surface area contributed by atoms with E-state index in [-0.39, 0.29) is 6.04 Å². The quantitative estimate of drug-likeness (QED) is 0.844. The summed E-state index contributed by atoms with van der Waals surface area (Å²) in [4.78, 5) is 0. The molecule has 2 unspecified atom stereocenters. The van der Waals surface area contributed by atoms with Crippen molar-refractivity contribution in [1.82, 2.24) is 5.32 Å². The second-order valence-electron chi connectivity index (χ2n) is 4.33. The van der Waals surface area contributed by atoms with Gasteiger partial charge in [0.2, 0.25) is 0 Å². The maximum absolute atomic E-state index is 11.9. The first-order valence-electron chi connectivity index (χ1n) is 6.24. The van der Waals surface area contributed by atoms with Gasteiger partial charge in [-0.15, -0.1) is 0 Å². The van der Waals surface area contributed by atoms with Gasteiger partial charge in [-0.25, -0.2) is 0 Å². The molecule has 104 valence electrons. The highest BCUT2D eigenvalue weighted by atomic mass is 32.2. The summed E-state index contributed by atoms with van der Waals surface area (Å²) in [6.45, 7) is 0.517. The summed E-state index contributed by atoms with van der Waals surface area (Å²) in [5.74, 6) is 1.91. The zero-order valence-electron chi connectivity index (χ0n) is 11.2. The molecule has 0 radical (unpaired) electrons. The zero-order chi connectivity index (χ0) is 13.7. The summed E-state index contributed by atoms with van der Waals surface area (Å²) in [5, 5.41) is 4.23. The molecule has 1 aromatic heterocycles. The Balaban J connectivity index is 2.10. The Morgan fingerprint density at radius 3 is 2.89 bits per heavy atom. The Morgan fingerprint density at radius 1 is 1.42 bits per heavy atom. The van der Waals surface area contributed by atoms with Gasteiger partial charge in [-0.05, 0) is 19.2 Å². The minimum absolute atomic E-state index is 0.0370. The number of ether oxygens (including phenoxy) is 1. The van der Waals surface area contributed by atoms with Crippen LogP contribution in [0, 0.1) is 0 Å². The lowest BCUT2D eigenvalue weighted by Gasteiger charge is -2.12. The molecule has 0 aliphatic heterocycles. The molecule has 0 saturated heterocycles. The summed E-state index contributed by atoms with van der Waals surface area (Å²) in [6.07, 6.45) is 0. The number of para-hydroxylation sites is 1. The Kier molecular flexibility index (Phi) is 5.13. The van der Waals surface area contributed by atoms with Crippen molar-refractivity contribution in [3.8, 4) is 0 Å². The largest absolute Gasteiger partial charge is 0.459 e. The molecule has 2 atom stereocenters. The maximum Gasteiger partial charge on any atom is 0.134 e. The van der Waals surface area contributed by atoms with Gasteiger partial charge in [-0.3, -0.25) is 4.21 Å². The van der Waals surface area contributed by atoms with E-state index in [1.54, 1.807) is 7.11 Å². The number of hydrogen-bond donors (Lipinski definition) is 1. The predicted molar refractivity (Wildman–Crippen MR) is 77.8 cm³/mol. The van der Waals surface area contributed by atoms with Gasteiger partial charge in [-0.2, -0.15) is 0 Å². The van der Waals surface area contributed by atoms with Crippen molar-refractivity contribution >= 4 is 21.8 Å². The van der Waals surface area contributed by atoms with E-state index in [2.05, 4.69) is 5.32 Å². The number of furan rings is 1. The van der Waals surface area contributed by atoms with Crippen molar-refractivity contribution in [2.75, 3.05) is 32.3 Å². The molecule has 0 aliphatic rings. The Morgan fingerprint density at radius 2 is 2.21 bits per heavy atom. The number of fused-ring (bicyclic) bond motifs is 1. The fourth-order valence-electron chi connectivity index (χ4n) is 1.93. The summed E-state index contributed by atoms with van der Waals surface area (Å²) < 4.78 is 22.7. The third-order valence-corrected chi connectivity index (χ3v) is 4.33. The minimum atomic E-state index is -0.920. The second-order valence-corrected chi connectivity index (χ2v) is 5.95. The molecule has 1 N–H and O–H groups in total. The highest BCUT2D eigenvalue weighted by molar-refractivity contribution is 7.85. The van der Waals surface area contributed by atoms with E-state index in [1.807, 2.05) is 37.4 Å². The Hall–Kier alpha value is -1.17. The molecule has 0 amide bonds. The maximum atomic E-state index is 11.9. The first-order chi connectivity index (χ1) is 9.24. The molecule has 2 rings (SSSR count). The molecule has 0 aliphatic carbocycles. The first kappa shape index (κ1) is 14.2. The molecular weight excluding hydrogens is 262 g/mol. The molecule has 2 aromatic rings. The van der Waals surface area contributed by atoms with E-state index in [0.717, 1.165) is 16.7 Å². The van der Waals surface area contributed by atoms with E-state index in [9.17, 15) is 4.21 Å². The molecule has 5 heteroatoms. The standard InChI is InChI=1S/C14H19NO3S/c1-15-12(10-19(16)8-7-17-2)14-9-11-5-3-4-6-13(11)18-14/h3-6,9,12,15H,7-8,10H2,1-2H3. The summed E-state index contributed by atoms with van der Waals surface area (Å²) in [5.41, 5.74) is 0.862. The van der Waals surface area contributed by atoms with Crippen molar-refractivity contribution < 1.29 is 13.4 Å². The molecule has 4 nitrogen and oxygen atoms in total. The SMILES string of the molecule is CNC(CS(=O)CCOC)c1cc2ccccc2o1. The Bertz CT molecular complexity index is 519. The second kappa shape index (κ2) is 6.84. The minimum Gasteiger partial charge on any atom is -0.459 e. The van der Waals surface area contributed by atoms with E-state index >= 15 is 0 Å². The Labute approximate surface area is 115 Å². The summed E-state index contributed by atoms with van der Waals surface area (Å²) in [7, 11) is 2.55. The highest BCUT2D eigenvalue weighted by Gasteiger charge is 2.17. The average molecular weight is 281 g/mol. The van der Waals surface area contributed by atoms with Gasteiger partial charge < -0.3 is 14.5 Å². The fraction of sp³-hybridized carbons (Fsp3) is 0.429. The number of methoxy groups -OCH3 is 1. The predicted octanol–water partition coefficient (Wildman–Crippen LogP) is 2.09. The number of rotatable bonds is 7. The van der Waals surface area contributed by atoms with E-state index < -0.39 is 10.8 Å². The average Bonchev–Trinajstić information content (AvgIpc) is 2.86. The van der Waals surface area contributed by atoms with Crippen LogP contribution in [0.1, 0.15) is 11.8 Å². The van der Waals surface area contributed by atoms with Gasteiger partial charge in [0.1, 0.15) is 11.3 Å². The fourth-order valence-corrected chi connectivity index (χ4v) is 3.15. The van der Waals surface area contributed by atoms with Crippen LogP contribution in [0.15, 0.2) is 34.7 Å². The smallest absolute Gasteiger partial charge is 0.134 e. The van der Waals surface area contributed by atoms with Gasteiger partial charge in [-0.1, -0.05) is 18.2 Å². The van der Waals surface area contributed by atoms with Crippen LogP contribution in [0.25, 0.3) is 11.0 Å². The van der Waals surface area contributed by atoms with Crippen molar-refractivity contribution in [3.05, 3.63) is 36.1 Å². The van der Waals surface area contributed by atoms with Gasteiger partial charge in [0.25, 0.3) is 0 Å². The monoisotopic (exact) mass is 281 g/mol. The van der Waals surface area contributed by atoms with Gasteiger partial charge in [0.05, 0.1) is 12.6 Å².